The predicted molar refractivity (Wildman–Crippen MR) is 495 cm³/mol. The second-order valence-electron chi connectivity index (χ2n) is 32.2. The Hall–Kier alpha value is -9.50. The van der Waals surface area contributed by atoms with E-state index in [1.807, 2.05) is 77.5 Å². The van der Waals surface area contributed by atoms with Gasteiger partial charge in [-0.3, -0.25) is 4.72 Å². The van der Waals surface area contributed by atoms with Crippen LogP contribution in [-0.2, 0) is 69.8 Å². The van der Waals surface area contributed by atoms with Gasteiger partial charge in [0.2, 0.25) is 23.6 Å². The lowest BCUT2D eigenvalue weighted by Gasteiger charge is -2.32. The monoisotopic (exact) mass is 1940 g/mol. The maximum Gasteiger partial charge on any atom is 0.494 e. The first-order chi connectivity index (χ1) is 60.6. The summed E-state index contributed by atoms with van der Waals surface area (Å²) in [4.78, 5) is 40.9. The van der Waals surface area contributed by atoms with Crippen molar-refractivity contribution < 1.29 is 70.7 Å². The molecule has 3 fully saturated rings. The number of nitrogens with zero attached hydrogens (tertiary/aromatic N) is 11. The third-order valence-corrected chi connectivity index (χ3v) is 29.3. The van der Waals surface area contributed by atoms with Crippen LogP contribution in [0.25, 0.3) is 55.0 Å². The first-order valence-corrected chi connectivity index (χ1v) is 47.8. The summed E-state index contributed by atoms with van der Waals surface area (Å²) in [5.74, 6) is -3.41. The standard InChI is InChI=1S/C31H35ClFN5O3S.C23H18ClF2N3O3S.C16H20BFN2O2.C12H9BrClFN2O3S.C8H18N2/c1-5-19-14-20(15-21-17-34-31(37-29(19)21)35-22-10-12-23(13-11-22)38(2)3)24-16-26(33)27(36-30(24)41-4)18-42(39,40)28-9-7-6-8-25(28)32;1-3-13-8-14(9-15-11-27-23(26)29-21(13)15)16-10-18(25)19(28-22(16)32-2)12-33(30,31)20-7-5-4-6-17(20)24;1-6-10-7-12(8-11-9-19-14(18)20-13(10)11)17-21-15(2,3)16(4,5)22-17;1-20-12-7(13)6-9(15)11(16-12)17-21(18,19)10-5-3-2-4-8(10)14;1-10(2)8-5-3-7(9)4-6-8/h6-9,14-17,22-23H,5,10-13,18H2,1-4H3,(H,34,35,37);4-11H,3,12H2,1-2H3;7-9H,6H2,1-5H3;2-6H,1H3,(H,16,17);7-8H,3-6,9H2,1-2H3. The molecule has 1 aliphatic heterocycles. The van der Waals surface area contributed by atoms with E-state index in [0.29, 0.717) is 75.6 Å². The number of rotatable bonds is 22. The highest BCUT2D eigenvalue weighted by Crippen LogP contribution is 2.41. The van der Waals surface area contributed by atoms with Gasteiger partial charge in [-0.05, 0) is 255 Å². The van der Waals surface area contributed by atoms with Crippen LogP contribution in [0, 0.1) is 29.6 Å². The number of halogens is 9. The second kappa shape index (κ2) is 42.6. The third-order valence-electron chi connectivity index (χ3n) is 22.6. The van der Waals surface area contributed by atoms with Crippen molar-refractivity contribution >= 4 is 137 Å². The van der Waals surface area contributed by atoms with E-state index in [4.69, 9.17) is 69.0 Å². The number of hydrogen-bond acceptors (Lipinski definition) is 24. The van der Waals surface area contributed by atoms with Gasteiger partial charge in [-0.2, -0.15) is 13.8 Å². The van der Waals surface area contributed by atoms with E-state index in [1.54, 1.807) is 42.6 Å². The maximum absolute atomic E-state index is 15.4. The molecule has 25 nitrogen and oxygen atoms in total. The Morgan fingerprint density at radius 3 is 1.32 bits per heavy atom. The minimum atomic E-state index is -4.06. The van der Waals surface area contributed by atoms with Crippen LogP contribution in [0.1, 0.15) is 128 Å². The van der Waals surface area contributed by atoms with E-state index >= 15 is 8.78 Å². The van der Waals surface area contributed by atoms with E-state index in [-0.39, 0.29) is 63.3 Å². The largest absolute Gasteiger partial charge is 0.494 e. The molecule has 1 saturated heterocycles. The molecule has 0 amide bonds. The number of aryl methyl sites for hydroxylation is 3. The van der Waals surface area contributed by atoms with Crippen LogP contribution in [-0.4, -0.2) is 172 Å². The Labute approximate surface area is 766 Å². The predicted octanol–water partition coefficient (Wildman–Crippen LogP) is 18.4. The Balaban J connectivity index is 0.000000165. The average molecular weight is 1940 g/mol. The van der Waals surface area contributed by atoms with Crippen LogP contribution in [0.2, 0.25) is 15.1 Å². The number of hydrogen-bond donors (Lipinski definition) is 3. The molecular weight excluding hydrogens is 1840 g/mol. The molecule has 4 N–H and O–H groups in total. The van der Waals surface area contributed by atoms with E-state index < -0.39 is 94.9 Å². The number of aromatic nitrogens is 9. The summed E-state index contributed by atoms with van der Waals surface area (Å²) >= 11 is 21.0. The van der Waals surface area contributed by atoms with Crippen molar-refractivity contribution in [2.75, 3.05) is 59.6 Å². The second-order valence-corrected chi connectivity index (χ2v) is 39.8. The van der Waals surface area contributed by atoms with Crippen LogP contribution in [0.4, 0.5) is 33.7 Å². The number of anilines is 2. The first-order valence-electron chi connectivity index (χ1n) is 41.1. The lowest BCUT2D eigenvalue weighted by Crippen LogP contribution is -2.41. The van der Waals surface area contributed by atoms with E-state index in [0.717, 1.165) is 82.7 Å². The lowest BCUT2D eigenvalue weighted by atomic mass is 9.77. The molecule has 0 atom stereocenters. The van der Waals surface area contributed by atoms with Gasteiger partial charge in [0.1, 0.15) is 28.0 Å². The molecule has 7 heterocycles. The highest BCUT2D eigenvalue weighted by Gasteiger charge is 2.52. The molecule has 0 unspecified atom stereocenters. The highest BCUT2D eigenvalue weighted by atomic mass is 79.9. The summed E-state index contributed by atoms with van der Waals surface area (Å²) in [7, 11) is 0.282. The molecular formula is C90H100BBrCl3F5N14O11S3. The summed E-state index contributed by atoms with van der Waals surface area (Å²) in [6.07, 6.45) is 14.5. The Morgan fingerprint density at radius 2 is 0.898 bits per heavy atom. The number of sulfone groups is 2. The van der Waals surface area contributed by atoms with Crippen molar-refractivity contribution in [1.29, 1.82) is 0 Å². The average Bonchev–Trinajstić information content (AvgIpc) is 1.08. The third kappa shape index (κ3) is 24.0. The molecule has 6 aromatic carbocycles. The van der Waals surface area contributed by atoms with Gasteiger partial charge in [0.05, 0.1) is 89.8 Å². The van der Waals surface area contributed by atoms with Crippen LogP contribution >= 0.6 is 50.7 Å². The molecule has 15 rings (SSSR count). The number of ether oxygens (including phenoxy) is 3. The number of nitrogens with one attached hydrogen (secondary N) is 2. The molecule has 6 aromatic heterocycles. The molecule has 680 valence electrons. The van der Waals surface area contributed by atoms with Gasteiger partial charge in [0.15, 0.2) is 31.3 Å². The number of nitrogens with two attached hydrogens (primary N) is 1. The normalized spacial score (nSPS) is 16.7. The molecule has 38 heteroatoms. The highest BCUT2D eigenvalue weighted by molar-refractivity contribution is 9.10. The summed E-state index contributed by atoms with van der Waals surface area (Å²) in [6.45, 7) is 14.0. The van der Waals surface area contributed by atoms with E-state index in [9.17, 15) is 38.4 Å². The van der Waals surface area contributed by atoms with Crippen LogP contribution < -0.4 is 35.4 Å². The van der Waals surface area contributed by atoms with Gasteiger partial charge in [0.25, 0.3) is 10.0 Å². The van der Waals surface area contributed by atoms with Gasteiger partial charge < -0.3 is 44.4 Å². The van der Waals surface area contributed by atoms with E-state index in [1.165, 1.54) is 120 Å². The van der Waals surface area contributed by atoms with Crippen molar-refractivity contribution in [3.8, 4) is 39.9 Å². The van der Waals surface area contributed by atoms with Crippen molar-refractivity contribution in [2.24, 2.45) is 5.73 Å². The minimum Gasteiger partial charge on any atom is -0.481 e. The molecule has 3 aliphatic rings. The summed E-state index contributed by atoms with van der Waals surface area (Å²) < 4.78 is 177. The zero-order valence-electron chi connectivity index (χ0n) is 73.0. The van der Waals surface area contributed by atoms with Gasteiger partial charge >= 0.3 is 19.3 Å². The quantitative estimate of drug-likeness (QED) is 0.0322. The molecule has 0 spiro atoms. The molecule has 2 aliphatic carbocycles. The molecule has 128 heavy (non-hydrogen) atoms. The fraction of sp³-hybridized carbons (Fsp3) is 0.367. The fourth-order valence-electron chi connectivity index (χ4n) is 14.8. The van der Waals surface area contributed by atoms with Gasteiger partial charge in [-0.1, -0.05) is 104 Å². The minimum absolute atomic E-state index is 0.0227. The molecule has 0 radical (unpaired) electrons. The zero-order valence-corrected chi connectivity index (χ0v) is 79.4. The Kier molecular flexibility index (Phi) is 33.0. The summed E-state index contributed by atoms with van der Waals surface area (Å²) in [5.41, 5.74) is 11.9. The van der Waals surface area contributed by atoms with Crippen LogP contribution in [0.5, 0.6) is 17.6 Å². The number of sulfonamides is 1. The van der Waals surface area contributed by atoms with Crippen molar-refractivity contribution in [2.45, 2.75) is 181 Å². The summed E-state index contributed by atoms with van der Waals surface area (Å²) in [5, 5.41) is 5.83. The SMILES string of the molecule is CCc1cc(-c2cc(F)c(CS(=O)(=O)c3ccccc3Cl)nc2OC)cc2cnc(F)nc12.CCc1cc(-c2cc(F)c(CS(=O)(=O)c3ccccc3Cl)nc2OC)cc2cnc(NC3CCC(N(C)C)CC3)nc12.CCc1cc(B2OC(C)(C)C(C)(C)O2)cc2cnc(F)nc12.CN(C)C1CCC(N)CC1.COc1nc(NS(=O)(=O)c2ccccc2Cl)c(F)cc1Br. The molecule has 12 aromatic rings. The molecule has 0 bridgehead atoms. The van der Waals surface area contributed by atoms with Crippen molar-refractivity contribution in [3.63, 3.8) is 0 Å². The van der Waals surface area contributed by atoms with Crippen LogP contribution in [0.15, 0.2) is 165 Å². The van der Waals surface area contributed by atoms with E-state index in [2.05, 4.69) is 99.1 Å². The first kappa shape index (κ1) is 99.1. The van der Waals surface area contributed by atoms with Gasteiger partial charge in [-0.15, -0.1) is 0 Å². The topological polar surface area (TPSA) is 321 Å². The Morgan fingerprint density at radius 1 is 0.500 bits per heavy atom. The number of fused-ring (bicyclic) bond motifs is 3. The van der Waals surface area contributed by atoms with Gasteiger partial charge in [0, 0.05) is 70.0 Å². The zero-order chi connectivity index (χ0) is 93.1. The lowest BCUT2D eigenvalue weighted by molar-refractivity contribution is 0.00578. The number of benzene rings is 6. The Bertz CT molecular complexity index is 6380. The molecule has 2 saturated carbocycles. The smallest absolute Gasteiger partial charge is 0.481 e. The van der Waals surface area contributed by atoms with Crippen LogP contribution in [0.3, 0.4) is 0 Å². The number of methoxy groups -OCH3 is 3. The summed E-state index contributed by atoms with van der Waals surface area (Å²) in [6, 6.07) is 34.7. The maximum atomic E-state index is 15.4. The van der Waals surface area contributed by atoms with Gasteiger partial charge in [-0.25, -0.2) is 78.3 Å². The number of pyridine rings is 3. The van der Waals surface area contributed by atoms with Crippen molar-refractivity contribution in [1.82, 2.24) is 54.7 Å². The van der Waals surface area contributed by atoms with Crippen molar-refractivity contribution in [3.05, 3.63) is 223 Å². The fourth-order valence-corrected chi connectivity index (χ4v) is 20.5.